The Morgan fingerprint density at radius 2 is 1.82 bits per heavy atom. The lowest BCUT2D eigenvalue weighted by Gasteiger charge is -2.24. The van der Waals surface area contributed by atoms with Crippen molar-refractivity contribution in [3.63, 3.8) is 0 Å². The Hall–Kier alpha value is -5.20. The summed E-state index contributed by atoms with van der Waals surface area (Å²) in [6, 6.07) is 11.6. The minimum absolute atomic E-state index is 0.120. The van der Waals surface area contributed by atoms with Gasteiger partial charge in [-0.1, -0.05) is 18.2 Å². The fraction of sp³-hybridized carbons (Fsp3) is 0.259. The van der Waals surface area contributed by atoms with E-state index in [-0.39, 0.29) is 6.61 Å². The van der Waals surface area contributed by atoms with Crippen LogP contribution in [-0.2, 0) is 23.1 Å². The van der Waals surface area contributed by atoms with Crippen LogP contribution in [0.4, 0.5) is 15.4 Å². The molecule has 13 nitrogen and oxygen atoms in total. The zero-order valence-corrected chi connectivity index (χ0v) is 22.5. The van der Waals surface area contributed by atoms with E-state index in [1.165, 1.54) is 17.0 Å². The van der Waals surface area contributed by atoms with E-state index in [2.05, 4.69) is 9.97 Å². The van der Waals surface area contributed by atoms with E-state index in [1.54, 1.807) is 40.2 Å². The number of nitrogens with one attached hydrogen (secondary N) is 1. The number of aromatic amines is 1. The third kappa shape index (κ3) is 5.08. The Morgan fingerprint density at radius 1 is 1.10 bits per heavy atom. The fourth-order valence-corrected chi connectivity index (χ4v) is 4.16. The average molecular weight is 549 g/mol. The number of imidazole rings is 1. The van der Waals surface area contributed by atoms with Crippen LogP contribution in [0.25, 0.3) is 33.3 Å². The number of aromatic nitrogens is 5. The standard InChI is InChI=1S/C27H28N6O7/c1-27(2,3)39-25(36)32(5)24-21-22(31(4)14-28-21)17-12-18(29-23(17)30-24)16-8-6-7-15(11-16)13-38-26(37)40-33-19(34)9-10-20(33)35/h6-12,14,34-35H,13H2,1-5H3,(H,29,30). The number of nitrogens with zero attached hydrogens (tertiary/aromatic N) is 5. The number of benzene rings is 1. The molecule has 0 aliphatic rings. The number of hydrogen-bond acceptors (Lipinski definition) is 9. The van der Waals surface area contributed by atoms with Crippen LogP contribution in [0.1, 0.15) is 26.3 Å². The number of aromatic hydroxyl groups is 2. The summed E-state index contributed by atoms with van der Waals surface area (Å²) in [5.41, 5.74) is 3.42. The number of H-pyrrole nitrogens is 1. The van der Waals surface area contributed by atoms with Gasteiger partial charge in [0.25, 0.3) is 0 Å². The Bertz CT molecular complexity index is 1720. The molecule has 0 radical (unpaired) electrons. The summed E-state index contributed by atoms with van der Waals surface area (Å²) in [7, 11) is 3.46. The minimum Gasteiger partial charge on any atom is -0.492 e. The first kappa shape index (κ1) is 26.4. The van der Waals surface area contributed by atoms with Gasteiger partial charge in [0.1, 0.15) is 23.4 Å². The normalized spacial score (nSPS) is 11.6. The quantitative estimate of drug-likeness (QED) is 0.270. The van der Waals surface area contributed by atoms with E-state index in [0.29, 0.717) is 27.3 Å². The predicted octanol–water partition coefficient (Wildman–Crippen LogP) is 4.47. The molecule has 0 spiro atoms. The molecule has 0 atom stereocenters. The van der Waals surface area contributed by atoms with Crippen LogP contribution in [-0.4, -0.2) is 59.4 Å². The second-order valence-corrected chi connectivity index (χ2v) is 10.1. The molecule has 0 aliphatic heterocycles. The molecule has 208 valence electrons. The Balaban J connectivity index is 1.42. The molecule has 0 saturated carbocycles. The molecule has 0 bridgehead atoms. The van der Waals surface area contributed by atoms with Crippen molar-refractivity contribution in [2.24, 2.45) is 7.05 Å². The maximum absolute atomic E-state index is 12.8. The van der Waals surface area contributed by atoms with E-state index in [4.69, 9.17) is 19.3 Å². The second kappa shape index (κ2) is 9.84. The van der Waals surface area contributed by atoms with Gasteiger partial charge in [0.05, 0.1) is 11.8 Å². The molecule has 0 fully saturated rings. The SMILES string of the molecule is CN(C(=O)OC(C)(C)C)c1nc2[nH]c(-c3cccc(COC(=O)On4c(O)ccc4O)c3)cc2c2c1ncn2C. The van der Waals surface area contributed by atoms with Crippen LogP contribution in [0.5, 0.6) is 11.8 Å². The molecular weight excluding hydrogens is 520 g/mol. The Morgan fingerprint density at radius 3 is 2.52 bits per heavy atom. The third-order valence-electron chi connectivity index (χ3n) is 5.96. The minimum atomic E-state index is -1.11. The lowest BCUT2D eigenvalue weighted by Crippen LogP contribution is -2.34. The van der Waals surface area contributed by atoms with Crippen molar-refractivity contribution < 1.29 is 34.1 Å². The van der Waals surface area contributed by atoms with Crippen LogP contribution in [0.3, 0.4) is 0 Å². The molecule has 13 heteroatoms. The Kier molecular flexibility index (Phi) is 6.49. The average Bonchev–Trinajstić information content (AvgIpc) is 3.59. The number of aryl methyl sites for hydroxylation is 1. The van der Waals surface area contributed by atoms with Crippen molar-refractivity contribution in [3.05, 3.63) is 54.4 Å². The zero-order valence-electron chi connectivity index (χ0n) is 22.5. The first-order valence-corrected chi connectivity index (χ1v) is 12.3. The van der Waals surface area contributed by atoms with E-state index >= 15 is 0 Å². The topological polar surface area (TPSA) is 157 Å². The molecule has 1 aromatic carbocycles. The number of amides is 1. The molecule has 3 N–H and O–H groups in total. The van der Waals surface area contributed by atoms with Gasteiger partial charge in [-0.05, 0) is 44.0 Å². The summed E-state index contributed by atoms with van der Waals surface area (Å²) in [5.74, 6) is -0.551. The summed E-state index contributed by atoms with van der Waals surface area (Å²) < 4.78 is 13.1. The summed E-state index contributed by atoms with van der Waals surface area (Å²) in [5, 5.41) is 20.0. The number of hydrogen-bond donors (Lipinski definition) is 3. The molecule has 4 aromatic heterocycles. The highest BCUT2D eigenvalue weighted by atomic mass is 16.8. The Labute approximate surface area is 228 Å². The number of anilines is 1. The van der Waals surface area contributed by atoms with Crippen LogP contribution in [0, 0.1) is 0 Å². The molecular formula is C27H28N6O7. The van der Waals surface area contributed by atoms with E-state index in [1.807, 2.05) is 35.9 Å². The van der Waals surface area contributed by atoms with Crippen molar-refractivity contribution in [1.82, 2.24) is 24.2 Å². The van der Waals surface area contributed by atoms with Crippen molar-refractivity contribution in [2.45, 2.75) is 33.0 Å². The first-order chi connectivity index (χ1) is 18.9. The smallest absolute Gasteiger partial charge is 0.492 e. The highest BCUT2D eigenvalue weighted by Crippen LogP contribution is 2.33. The molecule has 0 saturated heterocycles. The number of pyridine rings is 1. The monoisotopic (exact) mass is 548 g/mol. The van der Waals surface area contributed by atoms with Crippen LogP contribution in [0.15, 0.2) is 48.8 Å². The maximum atomic E-state index is 12.8. The highest BCUT2D eigenvalue weighted by Gasteiger charge is 2.25. The molecule has 0 unspecified atom stereocenters. The third-order valence-corrected chi connectivity index (χ3v) is 5.96. The highest BCUT2D eigenvalue weighted by molar-refractivity contribution is 6.09. The molecule has 40 heavy (non-hydrogen) atoms. The lowest BCUT2D eigenvalue weighted by atomic mass is 10.1. The van der Waals surface area contributed by atoms with Gasteiger partial charge in [0.2, 0.25) is 11.8 Å². The molecule has 1 amide bonds. The molecule has 4 heterocycles. The zero-order chi connectivity index (χ0) is 28.8. The van der Waals surface area contributed by atoms with Gasteiger partial charge < -0.3 is 29.2 Å². The van der Waals surface area contributed by atoms with Gasteiger partial charge in [0, 0.05) is 37.3 Å². The van der Waals surface area contributed by atoms with E-state index < -0.39 is 29.6 Å². The molecule has 5 rings (SSSR count). The number of fused-ring (bicyclic) bond motifs is 3. The van der Waals surface area contributed by atoms with Crippen LogP contribution in [0.2, 0.25) is 0 Å². The second-order valence-electron chi connectivity index (χ2n) is 10.1. The maximum Gasteiger partial charge on any atom is 0.534 e. The number of ether oxygens (including phenoxy) is 2. The first-order valence-electron chi connectivity index (χ1n) is 12.3. The lowest BCUT2D eigenvalue weighted by molar-refractivity contribution is 0.0310. The van der Waals surface area contributed by atoms with Crippen molar-refractivity contribution >= 4 is 40.1 Å². The van der Waals surface area contributed by atoms with Crippen LogP contribution >= 0.6 is 0 Å². The number of carbonyl (C=O) groups is 2. The van der Waals surface area contributed by atoms with Gasteiger partial charge in [-0.25, -0.2) is 19.6 Å². The summed E-state index contributed by atoms with van der Waals surface area (Å²) >= 11 is 0. The van der Waals surface area contributed by atoms with Gasteiger partial charge in [0.15, 0.2) is 5.82 Å². The fourth-order valence-electron chi connectivity index (χ4n) is 4.16. The van der Waals surface area contributed by atoms with Gasteiger partial charge in [-0.3, -0.25) is 9.74 Å². The number of rotatable bonds is 5. The van der Waals surface area contributed by atoms with Gasteiger partial charge in [-0.2, -0.15) is 0 Å². The van der Waals surface area contributed by atoms with E-state index in [0.717, 1.165) is 22.2 Å². The van der Waals surface area contributed by atoms with Crippen molar-refractivity contribution in [1.29, 1.82) is 0 Å². The van der Waals surface area contributed by atoms with E-state index in [9.17, 15) is 19.8 Å². The number of carbonyl (C=O) groups excluding carboxylic acids is 2. The van der Waals surface area contributed by atoms with Gasteiger partial charge in [-0.15, -0.1) is 4.73 Å². The van der Waals surface area contributed by atoms with Crippen molar-refractivity contribution in [2.75, 3.05) is 11.9 Å². The largest absolute Gasteiger partial charge is 0.534 e. The van der Waals surface area contributed by atoms with Gasteiger partial charge >= 0.3 is 12.2 Å². The summed E-state index contributed by atoms with van der Waals surface area (Å²) in [4.78, 5) is 43.5. The molecule has 5 aromatic rings. The van der Waals surface area contributed by atoms with Crippen LogP contribution < -0.4 is 9.74 Å². The summed E-state index contributed by atoms with van der Waals surface area (Å²) in [6.07, 6.45) is 0.00330. The van der Waals surface area contributed by atoms with Crippen molar-refractivity contribution in [3.8, 4) is 23.0 Å². The molecule has 0 aliphatic carbocycles. The summed E-state index contributed by atoms with van der Waals surface area (Å²) in [6.45, 7) is 5.26. The predicted molar refractivity (Wildman–Crippen MR) is 145 cm³/mol.